The maximum Gasteiger partial charge on any atom is 0.235 e. The SMILES string of the molecule is COc1ccc(Oc2c(C)oc3cc(OCc4ccccc4C)ccc3c2=O)cc1. The Morgan fingerprint density at radius 1 is 0.867 bits per heavy atom. The molecular weight excluding hydrogens is 380 g/mol. The van der Waals surface area contributed by atoms with Gasteiger partial charge in [0.05, 0.1) is 12.5 Å². The van der Waals surface area contributed by atoms with Crippen molar-refractivity contribution in [3.05, 3.63) is 93.8 Å². The van der Waals surface area contributed by atoms with Gasteiger partial charge in [-0.05, 0) is 61.4 Å². The first kappa shape index (κ1) is 19.6. The molecule has 5 nitrogen and oxygen atoms in total. The molecule has 0 spiro atoms. The van der Waals surface area contributed by atoms with Gasteiger partial charge in [0, 0.05) is 6.07 Å². The predicted molar refractivity (Wildman–Crippen MR) is 116 cm³/mol. The van der Waals surface area contributed by atoms with Crippen molar-refractivity contribution >= 4 is 11.0 Å². The number of benzene rings is 3. The molecule has 0 unspecified atom stereocenters. The zero-order valence-electron chi connectivity index (χ0n) is 17.1. The predicted octanol–water partition coefficient (Wildman–Crippen LogP) is 5.79. The molecule has 5 heteroatoms. The molecule has 0 saturated heterocycles. The van der Waals surface area contributed by atoms with Crippen molar-refractivity contribution in [2.75, 3.05) is 7.11 Å². The largest absolute Gasteiger partial charge is 0.497 e. The third-order valence-corrected chi connectivity index (χ3v) is 4.92. The number of ether oxygens (including phenoxy) is 3. The lowest BCUT2D eigenvalue weighted by atomic mass is 10.1. The molecule has 3 aromatic carbocycles. The van der Waals surface area contributed by atoms with E-state index < -0.39 is 0 Å². The van der Waals surface area contributed by atoms with E-state index in [9.17, 15) is 4.79 Å². The Morgan fingerprint density at radius 3 is 2.30 bits per heavy atom. The molecule has 0 bridgehead atoms. The van der Waals surface area contributed by atoms with Crippen molar-refractivity contribution in [2.24, 2.45) is 0 Å². The second-order valence-electron chi connectivity index (χ2n) is 6.97. The summed E-state index contributed by atoms with van der Waals surface area (Å²) >= 11 is 0. The van der Waals surface area contributed by atoms with Crippen LogP contribution < -0.4 is 19.6 Å². The number of methoxy groups -OCH3 is 1. The van der Waals surface area contributed by atoms with E-state index in [-0.39, 0.29) is 11.2 Å². The van der Waals surface area contributed by atoms with Gasteiger partial charge < -0.3 is 18.6 Å². The molecule has 30 heavy (non-hydrogen) atoms. The average Bonchev–Trinajstić information content (AvgIpc) is 2.76. The first-order valence-corrected chi connectivity index (χ1v) is 9.62. The Kier molecular flexibility index (Phi) is 5.44. The smallest absolute Gasteiger partial charge is 0.235 e. The summed E-state index contributed by atoms with van der Waals surface area (Å²) in [4.78, 5) is 13.0. The van der Waals surface area contributed by atoms with Crippen molar-refractivity contribution in [3.63, 3.8) is 0 Å². The lowest BCUT2D eigenvalue weighted by molar-refractivity contribution is 0.305. The van der Waals surface area contributed by atoms with Crippen molar-refractivity contribution in [1.82, 2.24) is 0 Å². The molecule has 0 N–H and O–H groups in total. The van der Waals surface area contributed by atoms with Crippen LogP contribution in [0.25, 0.3) is 11.0 Å². The Hall–Kier alpha value is -3.73. The fourth-order valence-electron chi connectivity index (χ4n) is 3.17. The molecular formula is C25H22O5. The number of fused-ring (bicyclic) bond motifs is 1. The van der Waals surface area contributed by atoms with Crippen molar-refractivity contribution in [2.45, 2.75) is 20.5 Å². The van der Waals surface area contributed by atoms with Crippen LogP contribution in [-0.4, -0.2) is 7.11 Å². The topological polar surface area (TPSA) is 57.9 Å². The third-order valence-electron chi connectivity index (χ3n) is 4.92. The van der Waals surface area contributed by atoms with Crippen LogP contribution in [0, 0.1) is 13.8 Å². The van der Waals surface area contributed by atoms with Crippen LogP contribution in [0.1, 0.15) is 16.9 Å². The van der Waals surface area contributed by atoms with Gasteiger partial charge in [0.25, 0.3) is 0 Å². The first-order valence-electron chi connectivity index (χ1n) is 9.62. The van der Waals surface area contributed by atoms with Crippen LogP contribution in [0.5, 0.6) is 23.0 Å². The second kappa shape index (κ2) is 8.33. The van der Waals surface area contributed by atoms with Crippen LogP contribution in [0.3, 0.4) is 0 Å². The molecule has 152 valence electrons. The Balaban J connectivity index is 1.60. The molecule has 0 saturated carbocycles. The van der Waals surface area contributed by atoms with Gasteiger partial charge >= 0.3 is 0 Å². The van der Waals surface area contributed by atoms with Crippen molar-refractivity contribution in [3.8, 4) is 23.0 Å². The minimum absolute atomic E-state index is 0.168. The lowest BCUT2D eigenvalue weighted by Gasteiger charge is -2.11. The van der Waals surface area contributed by atoms with E-state index in [4.69, 9.17) is 18.6 Å². The van der Waals surface area contributed by atoms with E-state index in [1.165, 1.54) is 5.56 Å². The highest BCUT2D eigenvalue weighted by Gasteiger charge is 2.15. The van der Waals surface area contributed by atoms with Gasteiger partial charge in [0.1, 0.15) is 35.2 Å². The van der Waals surface area contributed by atoms with E-state index >= 15 is 0 Å². The van der Waals surface area contributed by atoms with Crippen molar-refractivity contribution in [1.29, 1.82) is 0 Å². The molecule has 4 rings (SSSR count). The summed E-state index contributed by atoms with van der Waals surface area (Å²) in [6, 6.07) is 20.3. The molecule has 0 atom stereocenters. The molecule has 0 fully saturated rings. The quantitative estimate of drug-likeness (QED) is 0.409. The van der Waals surface area contributed by atoms with E-state index in [0.29, 0.717) is 40.6 Å². The molecule has 0 amide bonds. The Morgan fingerprint density at radius 2 is 1.57 bits per heavy atom. The molecule has 4 aromatic rings. The minimum atomic E-state index is -0.227. The number of rotatable bonds is 6. The standard InChI is InChI=1S/C25H22O5/c1-16-6-4-5-7-18(16)15-28-21-12-13-22-23(14-21)29-17(2)25(24(22)26)30-20-10-8-19(27-3)9-11-20/h4-14H,15H2,1-3H3. The van der Waals surface area contributed by atoms with Crippen molar-refractivity contribution < 1.29 is 18.6 Å². The molecule has 0 aliphatic carbocycles. The Bertz CT molecular complexity index is 1240. The molecule has 0 aliphatic heterocycles. The highest BCUT2D eigenvalue weighted by molar-refractivity contribution is 5.79. The summed E-state index contributed by atoms with van der Waals surface area (Å²) in [6.45, 7) is 4.20. The summed E-state index contributed by atoms with van der Waals surface area (Å²) in [5.41, 5.74) is 2.51. The highest BCUT2D eigenvalue weighted by atomic mass is 16.5. The second-order valence-corrected chi connectivity index (χ2v) is 6.97. The number of hydrogen-bond donors (Lipinski definition) is 0. The highest BCUT2D eigenvalue weighted by Crippen LogP contribution is 2.28. The van der Waals surface area contributed by atoms with Gasteiger partial charge in [-0.25, -0.2) is 0 Å². The summed E-state index contributed by atoms with van der Waals surface area (Å²) in [7, 11) is 1.59. The van der Waals surface area contributed by atoms with E-state index in [1.807, 2.05) is 31.2 Å². The summed E-state index contributed by atoms with van der Waals surface area (Å²) in [5, 5.41) is 0.437. The van der Waals surface area contributed by atoms with Gasteiger partial charge in [-0.15, -0.1) is 0 Å². The number of hydrogen-bond acceptors (Lipinski definition) is 5. The van der Waals surface area contributed by atoms with Gasteiger partial charge in [0.15, 0.2) is 0 Å². The third kappa shape index (κ3) is 4.01. The van der Waals surface area contributed by atoms with Crippen LogP contribution in [-0.2, 0) is 6.61 Å². The molecule has 0 radical (unpaired) electrons. The monoisotopic (exact) mass is 402 g/mol. The van der Waals surface area contributed by atoms with E-state index in [1.54, 1.807) is 56.5 Å². The van der Waals surface area contributed by atoms with Crippen LogP contribution in [0.4, 0.5) is 0 Å². The van der Waals surface area contributed by atoms with Crippen LogP contribution >= 0.6 is 0 Å². The first-order chi connectivity index (χ1) is 14.5. The van der Waals surface area contributed by atoms with Crippen LogP contribution in [0.2, 0.25) is 0 Å². The normalized spacial score (nSPS) is 10.8. The summed E-state index contributed by atoms with van der Waals surface area (Å²) < 4.78 is 22.7. The molecule has 1 heterocycles. The van der Waals surface area contributed by atoms with E-state index in [0.717, 1.165) is 5.56 Å². The average molecular weight is 402 g/mol. The van der Waals surface area contributed by atoms with Gasteiger partial charge in [0.2, 0.25) is 11.2 Å². The fourth-order valence-corrected chi connectivity index (χ4v) is 3.17. The summed E-state index contributed by atoms with van der Waals surface area (Å²) in [6.07, 6.45) is 0. The minimum Gasteiger partial charge on any atom is -0.497 e. The van der Waals surface area contributed by atoms with E-state index in [2.05, 4.69) is 0 Å². The van der Waals surface area contributed by atoms with Gasteiger partial charge in [-0.1, -0.05) is 24.3 Å². The maximum atomic E-state index is 13.0. The lowest BCUT2D eigenvalue weighted by Crippen LogP contribution is -2.07. The zero-order valence-corrected chi connectivity index (χ0v) is 17.1. The van der Waals surface area contributed by atoms with Gasteiger partial charge in [-0.3, -0.25) is 4.79 Å². The Labute approximate surface area is 174 Å². The molecule has 0 aliphatic rings. The van der Waals surface area contributed by atoms with Crippen LogP contribution in [0.15, 0.2) is 75.9 Å². The van der Waals surface area contributed by atoms with Gasteiger partial charge in [-0.2, -0.15) is 0 Å². The zero-order chi connectivity index (χ0) is 21.1. The molecule has 1 aromatic heterocycles. The summed E-state index contributed by atoms with van der Waals surface area (Å²) in [5.74, 6) is 2.45. The fraction of sp³-hybridized carbons (Fsp3) is 0.160. The maximum absolute atomic E-state index is 13.0. The number of aryl methyl sites for hydroxylation is 2.